The van der Waals surface area contributed by atoms with Gasteiger partial charge in [-0.25, -0.2) is 14.6 Å². The highest BCUT2D eigenvalue weighted by Crippen LogP contribution is 2.31. The van der Waals surface area contributed by atoms with Crippen molar-refractivity contribution in [1.82, 2.24) is 19.7 Å². The molecule has 2 heterocycles. The number of halogens is 1. The Balaban J connectivity index is 2.19. The van der Waals surface area contributed by atoms with E-state index in [2.05, 4.69) is 23.8 Å². The van der Waals surface area contributed by atoms with Gasteiger partial charge >= 0.3 is 0 Å². The lowest BCUT2D eigenvalue weighted by Crippen LogP contribution is -2.09. The molecule has 5 nitrogen and oxygen atoms in total. The molecule has 2 N–H and O–H groups in total. The van der Waals surface area contributed by atoms with Crippen LogP contribution in [-0.2, 0) is 6.54 Å². The molecule has 6 heteroatoms. The summed E-state index contributed by atoms with van der Waals surface area (Å²) in [5, 5.41) is 6.22. The predicted molar refractivity (Wildman–Crippen MR) is 89.6 cm³/mol. The fourth-order valence-electron chi connectivity index (χ4n) is 2.39. The summed E-state index contributed by atoms with van der Waals surface area (Å²) in [5.74, 6) is 0.961. The largest absolute Gasteiger partial charge is 0.383 e. The maximum atomic E-state index is 6.07. The van der Waals surface area contributed by atoms with Gasteiger partial charge in [-0.15, -0.1) is 0 Å². The highest BCUT2D eigenvalue weighted by molar-refractivity contribution is 6.30. The second-order valence-corrected chi connectivity index (χ2v) is 5.94. The number of aromatic nitrogens is 4. The molecule has 0 amide bonds. The highest BCUT2D eigenvalue weighted by Gasteiger charge is 2.17. The van der Waals surface area contributed by atoms with Crippen molar-refractivity contribution < 1.29 is 0 Å². The number of nitrogens with two attached hydrogens (primary N) is 1. The number of hydrogen-bond donors (Lipinski definition) is 1. The maximum Gasteiger partial charge on any atom is 0.163 e. The molecule has 0 aliphatic rings. The third-order valence-electron chi connectivity index (χ3n) is 3.86. The van der Waals surface area contributed by atoms with Crippen molar-refractivity contribution in [2.24, 2.45) is 5.92 Å². The van der Waals surface area contributed by atoms with E-state index in [1.54, 1.807) is 0 Å². The Morgan fingerprint density at radius 3 is 2.64 bits per heavy atom. The molecule has 0 bridgehead atoms. The topological polar surface area (TPSA) is 69.6 Å². The van der Waals surface area contributed by atoms with Crippen LogP contribution in [0.4, 0.5) is 5.82 Å². The maximum absolute atomic E-state index is 6.07. The van der Waals surface area contributed by atoms with Crippen molar-refractivity contribution in [1.29, 1.82) is 0 Å². The molecule has 1 aromatic carbocycles. The Labute approximate surface area is 134 Å². The van der Waals surface area contributed by atoms with Crippen LogP contribution in [-0.4, -0.2) is 19.7 Å². The fourth-order valence-corrected chi connectivity index (χ4v) is 2.52. The van der Waals surface area contributed by atoms with E-state index in [0.29, 0.717) is 16.8 Å². The van der Waals surface area contributed by atoms with Crippen LogP contribution in [0.2, 0.25) is 5.02 Å². The first-order valence-corrected chi connectivity index (χ1v) is 7.70. The molecule has 0 aliphatic heterocycles. The molecular weight excluding hydrogens is 298 g/mol. The molecule has 0 saturated carbocycles. The van der Waals surface area contributed by atoms with Crippen molar-refractivity contribution in [3.05, 3.63) is 35.6 Å². The van der Waals surface area contributed by atoms with Crippen LogP contribution in [0, 0.1) is 5.92 Å². The monoisotopic (exact) mass is 315 g/mol. The van der Waals surface area contributed by atoms with Gasteiger partial charge in [0.05, 0.1) is 5.39 Å². The van der Waals surface area contributed by atoms with Gasteiger partial charge in [0.1, 0.15) is 17.8 Å². The SMILES string of the molecule is CCC(C)Cn1nc(-c2ccc(Cl)cc2)c2c(N)ncnc21. The quantitative estimate of drug-likeness (QED) is 0.795. The van der Waals surface area contributed by atoms with Crippen LogP contribution in [0.15, 0.2) is 30.6 Å². The van der Waals surface area contributed by atoms with Crippen LogP contribution < -0.4 is 5.73 Å². The highest BCUT2D eigenvalue weighted by atomic mass is 35.5. The zero-order chi connectivity index (χ0) is 15.7. The van der Waals surface area contributed by atoms with Crippen molar-refractivity contribution in [3.63, 3.8) is 0 Å². The standard InChI is InChI=1S/C16H18ClN5/c1-3-10(2)8-22-16-13(15(18)19-9-20-16)14(21-22)11-4-6-12(17)7-5-11/h4-7,9-10H,3,8H2,1-2H3,(H2,18,19,20). The van der Waals surface area contributed by atoms with Crippen LogP contribution in [0.3, 0.4) is 0 Å². The van der Waals surface area contributed by atoms with Gasteiger partial charge in [-0.3, -0.25) is 0 Å². The number of fused-ring (bicyclic) bond motifs is 1. The third kappa shape index (κ3) is 2.64. The van der Waals surface area contributed by atoms with Gasteiger partial charge in [-0.2, -0.15) is 5.10 Å². The van der Waals surface area contributed by atoms with E-state index in [9.17, 15) is 0 Å². The lowest BCUT2D eigenvalue weighted by Gasteiger charge is -2.08. The Bertz CT molecular complexity index is 794. The first kappa shape index (κ1) is 14.8. The average molecular weight is 316 g/mol. The second-order valence-electron chi connectivity index (χ2n) is 5.51. The van der Waals surface area contributed by atoms with Gasteiger partial charge in [-0.05, 0) is 18.1 Å². The Morgan fingerprint density at radius 2 is 1.95 bits per heavy atom. The van der Waals surface area contributed by atoms with Crippen molar-refractivity contribution in [2.45, 2.75) is 26.8 Å². The minimum Gasteiger partial charge on any atom is -0.383 e. The third-order valence-corrected chi connectivity index (χ3v) is 4.11. The van der Waals surface area contributed by atoms with Crippen LogP contribution in [0.5, 0.6) is 0 Å². The molecule has 0 fully saturated rings. The number of benzene rings is 1. The lowest BCUT2D eigenvalue weighted by atomic mass is 10.1. The Hall–Kier alpha value is -2.14. The molecule has 0 saturated heterocycles. The van der Waals surface area contributed by atoms with E-state index in [1.165, 1.54) is 6.33 Å². The van der Waals surface area contributed by atoms with Gasteiger partial charge < -0.3 is 5.73 Å². The summed E-state index contributed by atoms with van der Waals surface area (Å²) in [6.07, 6.45) is 2.57. The van der Waals surface area contributed by atoms with Gasteiger partial charge in [0.2, 0.25) is 0 Å². The summed E-state index contributed by atoms with van der Waals surface area (Å²) in [6, 6.07) is 7.56. The second kappa shape index (κ2) is 5.93. The zero-order valence-corrected chi connectivity index (χ0v) is 13.4. The van der Waals surface area contributed by atoms with Crippen molar-refractivity contribution >= 4 is 28.5 Å². The van der Waals surface area contributed by atoms with E-state index in [1.807, 2.05) is 28.9 Å². The predicted octanol–water partition coefficient (Wildman–Crippen LogP) is 3.78. The van der Waals surface area contributed by atoms with Crippen LogP contribution in [0.1, 0.15) is 20.3 Å². The number of anilines is 1. The van der Waals surface area contributed by atoms with Gasteiger partial charge in [0.15, 0.2) is 5.65 Å². The van der Waals surface area contributed by atoms with E-state index in [4.69, 9.17) is 22.4 Å². The van der Waals surface area contributed by atoms with E-state index in [0.717, 1.165) is 35.3 Å². The number of rotatable bonds is 4. The average Bonchev–Trinajstić information content (AvgIpc) is 2.88. The van der Waals surface area contributed by atoms with Gasteiger partial charge in [0, 0.05) is 17.1 Å². The fraction of sp³-hybridized carbons (Fsp3) is 0.312. The summed E-state index contributed by atoms with van der Waals surface area (Å²) in [6.45, 7) is 5.16. The molecular formula is C16H18ClN5. The number of hydrogen-bond acceptors (Lipinski definition) is 4. The van der Waals surface area contributed by atoms with Crippen LogP contribution in [0.25, 0.3) is 22.3 Å². The van der Waals surface area contributed by atoms with Crippen molar-refractivity contribution in [3.8, 4) is 11.3 Å². The molecule has 0 spiro atoms. The first-order chi connectivity index (χ1) is 10.6. The summed E-state index contributed by atoms with van der Waals surface area (Å²) in [4.78, 5) is 8.49. The summed E-state index contributed by atoms with van der Waals surface area (Å²) < 4.78 is 1.92. The molecule has 114 valence electrons. The molecule has 2 aromatic heterocycles. The minimum atomic E-state index is 0.449. The van der Waals surface area contributed by atoms with Crippen molar-refractivity contribution in [2.75, 3.05) is 5.73 Å². The molecule has 3 rings (SSSR count). The Kier molecular flexibility index (Phi) is 3.98. The molecule has 3 aromatic rings. The van der Waals surface area contributed by atoms with E-state index < -0.39 is 0 Å². The molecule has 1 atom stereocenters. The molecule has 0 radical (unpaired) electrons. The smallest absolute Gasteiger partial charge is 0.163 e. The number of nitrogen functional groups attached to an aromatic ring is 1. The lowest BCUT2D eigenvalue weighted by molar-refractivity contribution is 0.447. The van der Waals surface area contributed by atoms with E-state index in [-0.39, 0.29) is 0 Å². The normalized spacial score (nSPS) is 12.7. The molecule has 22 heavy (non-hydrogen) atoms. The molecule has 0 aliphatic carbocycles. The first-order valence-electron chi connectivity index (χ1n) is 7.33. The summed E-state index contributed by atoms with van der Waals surface area (Å²) in [5.41, 5.74) is 8.60. The minimum absolute atomic E-state index is 0.449. The molecule has 1 unspecified atom stereocenters. The van der Waals surface area contributed by atoms with E-state index >= 15 is 0 Å². The van der Waals surface area contributed by atoms with Crippen LogP contribution >= 0.6 is 11.6 Å². The summed E-state index contributed by atoms with van der Waals surface area (Å²) >= 11 is 5.97. The van der Waals surface area contributed by atoms with Gasteiger partial charge in [-0.1, -0.05) is 44.0 Å². The zero-order valence-electron chi connectivity index (χ0n) is 12.6. The Morgan fingerprint density at radius 1 is 1.23 bits per heavy atom. The summed E-state index contributed by atoms with van der Waals surface area (Å²) in [7, 11) is 0. The van der Waals surface area contributed by atoms with Gasteiger partial charge in [0.25, 0.3) is 0 Å². The number of nitrogens with zero attached hydrogens (tertiary/aromatic N) is 4.